The molecule has 0 saturated carbocycles. The number of rotatable bonds is 10. The van der Waals surface area contributed by atoms with Crippen molar-refractivity contribution in [3.8, 4) is 5.75 Å². The Balaban J connectivity index is 0.00000392. The van der Waals surface area contributed by atoms with Gasteiger partial charge in [-0.15, -0.1) is 24.0 Å². The van der Waals surface area contributed by atoms with E-state index < -0.39 is 0 Å². The van der Waals surface area contributed by atoms with Crippen LogP contribution < -0.4 is 15.4 Å². The normalized spacial score (nSPS) is 11.1. The molecular formula is C22H33IN4O. The summed E-state index contributed by atoms with van der Waals surface area (Å²) in [5, 5.41) is 6.67. The van der Waals surface area contributed by atoms with Gasteiger partial charge < -0.3 is 20.3 Å². The van der Waals surface area contributed by atoms with Crippen LogP contribution in [-0.2, 0) is 13.1 Å². The van der Waals surface area contributed by atoms with Gasteiger partial charge in [0.15, 0.2) is 5.96 Å². The molecule has 0 atom stereocenters. The lowest BCUT2D eigenvalue weighted by Crippen LogP contribution is -2.38. The second kappa shape index (κ2) is 14.2. The van der Waals surface area contributed by atoms with Gasteiger partial charge in [0.25, 0.3) is 0 Å². The summed E-state index contributed by atoms with van der Waals surface area (Å²) < 4.78 is 5.72. The molecule has 0 saturated heterocycles. The van der Waals surface area contributed by atoms with Crippen molar-refractivity contribution in [2.24, 2.45) is 4.99 Å². The summed E-state index contributed by atoms with van der Waals surface area (Å²) in [6.07, 6.45) is 0.914. The number of nitrogens with zero attached hydrogens (tertiary/aromatic N) is 2. The van der Waals surface area contributed by atoms with Crippen molar-refractivity contribution < 1.29 is 4.74 Å². The van der Waals surface area contributed by atoms with Crippen LogP contribution in [0.5, 0.6) is 5.75 Å². The van der Waals surface area contributed by atoms with Gasteiger partial charge in [-0.05, 0) is 50.7 Å². The number of hydrogen-bond acceptors (Lipinski definition) is 3. The van der Waals surface area contributed by atoms with Crippen molar-refractivity contribution in [1.82, 2.24) is 15.5 Å². The van der Waals surface area contributed by atoms with E-state index in [1.807, 2.05) is 30.3 Å². The molecule has 2 aromatic rings. The average molecular weight is 496 g/mol. The van der Waals surface area contributed by atoms with Gasteiger partial charge in [-0.1, -0.05) is 42.5 Å². The van der Waals surface area contributed by atoms with Crippen molar-refractivity contribution in [1.29, 1.82) is 0 Å². The van der Waals surface area contributed by atoms with E-state index in [0.29, 0.717) is 13.2 Å². The van der Waals surface area contributed by atoms with E-state index in [-0.39, 0.29) is 24.0 Å². The van der Waals surface area contributed by atoms with Crippen LogP contribution >= 0.6 is 24.0 Å². The molecule has 28 heavy (non-hydrogen) atoms. The van der Waals surface area contributed by atoms with E-state index in [2.05, 4.69) is 60.8 Å². The van der Waals surface area contributed by atoms with Crippen molar-refractivity contribution >= 4 is 29.9 Å². The van der Waals surface area contributed by atoms with Gasteiger partial charge >= 0.3 is 0 Å². The zero-order valence-electron chi connectivity index (χ0n) is 17.1. The first-order valence-electron chi connectivity index (χ1n) is 9.60. The lowest BCUT2D eigenvalue weighted by atomic mass is 10.1. The molecule has 5 nitrogen and oxygen atoms in total. The molecule has 154 valence electrons. The minimum Gasteiger partial charge on any atom is -0.494 e. The second-order valence-electron chi connectivity index (χ2n) is 6.69. The highest BCUT2D eigenvalue weighted by atomic mass is 127. The van der Waals surface area contributed by atoms with Crippen molar-refractivity contribution in [2.75, 3.05) is 33.8 Å². The highest BCUT2D eigenvalue weighted by Crippen LogP contribution is 2.09. The number of nitrogens with one attached hydrogen (secondary N) is 2. The molecule has 0 aliphatic carbocycles. The number of halogens is 1. The summed E-state index contributed by atoms with van der Waals surface area (Å²) in [7, 11) is 4.17. The Hall–Kier alpha value is -1.80. The molecule has 0 unspecified atom stereocenters. The maximum atomic E-state index is 5.72. The third-order valence-corrected chi connectivity index (χ3v) is 3.88. The average Bonchev–Trinajstić information content (AvgIpc) is 2.66. The largest absolute Gasteiger partial charge is 0.494 e. The lowest BCUT2D eigenvalue weighted by Gasteiger charge is -2.13. The molecule has 0 aromatic heterocycles. The molecule has 2 N–H and O–H groups in total. The first-order valence-corrected chi connectivity index (χ1v) is 9.60. The van der Waals surface area contributed by atoms with Crippen LogP contribution in [0.1, 0.15) is 24.5 Å². The van der Waals surface area contributed by atoms with Crippen LogP contribution in [0, 0.1) is 0 Å². The summed E-state index contributed by atoms with van der Waals surface area (Å²) in [4.78, 5) is 6.87. The highest BCUT2D eigenvalue weighted by molar-refractivity contribution is 14.0. The molecule has 0 heterocycles. The Kier molecular flexibility index (Phi) is 12.3. The molecule has 0 radical (unpaired) electrons. The molecular weight excluding hydrogens is 463 g/mol. The zero-order chi connectivity index (χ0) is 19.3. The maximum Gasteiger partial charge on any atom is 0.191 e. The Morgan fingerprint density at radius 3 is 2.46 bits per heavy atom. The van der Waals surface area contributed by atoms with E-state index in [4.69, 9.17) is 9.73 Å². The number of hydrogen-bond donors (Lipinski definition) is 2. The maximum absolute atomic E-state index is 5.72. The molecule has 2 rings (SSSR count). The van der Waals surface area contributed by atoms with Gasteiger partial charge in [-0.2, -0.15) is 0 Å². The Bertz CT molecular complexity index is 692. The van der Waals surface area contributed by atoms with Crippen LogP contribution in [0.25, 0.3) is 0 Å². The summed E-state index contributed by atoms with van der Waals surface area (Å²) in [5.41, 5.74) is 2.53. The number of aliphatic imine (C=N–C) groups is 1. The molecule has 0 aliphatic rings. The predicted molar refractivity (Wildman–Crippen MR) is 129 cm³/mol. The van der Waals surface area contributed by atoms with Crippen LogP contribution in [0.4, 0.5) is 0 Å². The van der Waals surface area contributed by atoms with E-state index in [1.54, 1.807) is 0 Å². The van der Waals surface area contributed by atoms with Crippen molar-refractivity contribution in [2.45, 2.75) is 26.4 Å². The van der Waals surface area contributed by atoms with Crippen molar-refractivity contribution in [3.05, 3.63) is 65.7 Å². The molecule has 0 fully saturated rings. The molecule has 2 aromatic carbocycles. The monoisotopic (exact) mass is 496 g/mol. The summed E-state index contributed by atoms with van der Waals surface area (Å²) in [6, 6.07) is 18.5. The summed E-state index contributed by atoms with van der Waals surface area (Å²) >= 11 is 0. The fourth-order valence-corrected chi connectivity index (χ4v) is 2.69. The fraction of sp³-hybridized carbons (Fsp3) is 0.409. The predicted octanol–water partition coefficient (Wildman–Crippen LogP) is 3.89. The van der Waals surface area contributed by atoms with Gasteiger partial charge in [0, 0.05) is 19.6 Å². The fourth-order valence-electron chi connectivity index (χ4n) is 2.69. The van der Waals surface area contributed by atoms with E-state index in [9.17, 15) is 0 Å². The SMILES string of the molecule is CCNC(=NCc1cccc(CN(C)C)c1)NCCCOc1ccccc1.I. The van der Waals surface area contributed by atoms with Gasteiger partial charge in [0.05, 0.1) is 13.2 Å². The van der Waals surface area contributed by atoms with Crippen LogP contribution in [0.15, 0.2) is 59.6 Å². The van der Waals surface area contributed by atoms with Crippen molar-refractivity contribution in [3.63, 3.8) is 0 Å². The third-order valence-electron chi connectivity index (χ3n) is 3.88. The minimum absolute atomic E-state index is 0. The Morgan fingerprint density at radius 2 is 1.75 bits per heavy atom. The lowest BCUT2D eigenvalue weighted by molar-refractivity contribution is 0.311. The Morgan fingerprint density at radius 1 is 1.00 bits per heavy atom. The highest BCUT2D eigenvalue weighted by Gasteiger charge is 2.00. The minimum atomic E-state index is 0. The van der Waals surface area contributed by atoms with E-state index >= 15 is 0 Å². The van der Waals surface area contributed by atoms with Gasteiger partial charge in [-0.3, -0.25) is 0 Å². The summed E-state index contributed by atoms with van der Waals surface area (Å²) in [5.74, 6) is 1.76. The van der Waals surface area contributed by atoms with Crippen LogP contribution in [0.3, 0.4) is 0 Å². The van der Waals surface area contributed by atoms with Gasteiger partial charge in [0.1, 0.15) is 5.75 Å². The molecule has 0 bridgehead atoms. The van der Waals surface area contributed by atoms with Crippen LogP contribution in [-0.4, -0.2) is 44.7 Å². The molecule has 0 spiro atoms. The first kappa shape index (κ1) is 24.2. The second-order valence-corrected chi connectivity index (χ2v) is 6.69. The summed E-state index contributed by atoms with van der Waals surface area (Å²) in [6.45, 7) is 6.02. The molecule has 0 aliphatic heterocycles. The number of ether oxygens (including phenoxy) is 1. The smallest absolute Gasteiger partial charge is 0.191 e. The standard InChI is InChI=1S/C22H32N4O.HI/c1-4-23-22(24-14-9-15-27-21-12-6-5-7-13-21)25-17-19-10-8-11-20(16-19)18-26(2)3;/h5-8,10-13,16H,4,9,14-15,17-18H2,1-3H3,(H2,23,24,25);1H. The Labute approximate surface area is 186 Å². The third kappa shape index (κ3) is 9.94. The van der Waals surface area contributed by atoms with Gasteiger partial charge in [0.2, 0.25) is 0 Å². The number of guanidine groups is 1. The van der Waals surface area contributed by atoms with Gasteiger partial charge in [-0.25, -0.2) is 4.99 Å². The van der Waals surface area contributed by atoms with Crippen LogP contribution in [0.2, 0.25) is 0 Å². The first-order chi connectivity index (χ1) is 13.2. The van der Waals surface area contributed by atoms with E-state index in [0.717, 1.165) is 37.8 Å². The zero-order valence-corrected chi connectivity index (χ0v) is 19.5. The number of benzene rings is 2. The quantitative estimate of drug-likeness (QED) is 0.227. The molecule has 0 amide bonds. The number of para-hydroxylation sites is 1. The molecule has 6 heteroatoms. The van der Waals surface area contributed by atoms with E-state index in [1.165, 1.54) is 11.1 Å². The topological polar surface area (TPSA) is 48.9 Å².